The Bertz CT molecular complexity index is 760. The fourth-order valence-corrected chi connectivity index (χ4v) is 2.63. The lowest BCUT2D eigenvalue weighted by Crippen LogP contribution is -2.31. The summed E-state index contributed by atoms with van der Waals surface area (Å²) in [5, 5.41) is 5.65. The van der Waals surface area contributed by atoms with Crippen molar-refractivity contribution in [2.45, 2.75) is 39.0 Å². The van der Waals surface area contributed by atoms with Gasteiger partial charge in [0, 0.05) is 30.8 Å². The zero-order valence-corrected chi connectivity index (χ0v) is 16.3. The maximum Gasteiger partial charge on any atom is 0.251 e. The van der Waals surface area contributed by atoms with Gasteiger partial charge in [-0.3, -0.25) is 9.59 Å². The molecule has 144 valence electrons. The molecule has 0 bridgehead atoms. The molecule has 5 nitrogen and oxygen atoms in total. The van der Waals surface area contributed by atoms with Gasteiger partial charge in [0.2, 0.25) is 5.91 Å². The average Bonchev–Trinajstić information content (AvgIpc) is 2.62. The third-order valence-electron chi connectivity index (χ3n) is 4.37. The van der Waals surface area contributed by atoms with Gasteiger partial charge in [-0.25, -0.2) is 0 Å². The molecule has 0 radical (unpaired) electrons. The van der Waals surface area contributed by atoms with E-state index in [0.29, 0.717) is 18.7 Å². The fourth-order valence-electron chi connectivity index (χ4n) is 2.63. The summed E-state index contributed by atoms with van der Waals surface area (Å²) in [6.07, 6.45) is 1.01. The molecular weight excluding hydrogens is 338 g/mol. The standard InChI is InChI=1S/C22H29N3O2/c1-22(2,3)18-8-6-17(7-9-18)21(27)25-15-13-20(26)24-14-12-16-4-10-19(23)11-5-16/h4-11H,12-15,23H2,1-3H3,(H,24,26)(H,25,27). The van der Waals surface area contributed by atoms with Crippen LogP contribution in [0.1, 0.15) is 48.7 Å². The fraction of sp³-hybridized carbons (Fsp3) is 0.364. The van der Waals surface area contributed by atoms with E-state index in [1.54, 1.807) is 0 Å². The summed E-state index contributed by atoms with van der Waals surface area (Å²) in [6, 6.07) is 15.2. The van der Waals surface area contributed by atoms with Gasteiger partial charge in [-0.2, -0.15) is 0 Å². The maximum atomic E-state index is 12.2. The smallest absolute Gasteiger partial charge is 0.251 e. The SMILES string of the molecule is CC(C)(C)c1ccc(C(=O)NCCC(=O)NCCc2ccc(N)cc2)cc1. The summed E-state index contributed by atoms with van der Waals surface area (Å²) in [7, 11) is 0. The summed E-state index contributed by atoms with van der Waals surface area (Å²) in [6.45, 7) is 7.27. The summed E-state index contributed by atoms with van der Waals surface area (Å²) in [4.78, 5) is 24.0. The van der Waals surface area contributed by atoms with Crippen LogP contribution < -0.4 is 16.4 Å². The molecule has 5 heteroatoms. The minimum absolute atomic E-state index is 0.0550. The lowest BCUT2D eigenvalue weighted by molar-refractivity contribution is -0.120. The van der Waals surface area contributed by atoms with E-state index in [1.165, 1.54) is 5.56 Å². The minimum Gasteiger partial charge on any atom is -0.399 e. The Hall–Kier alpha value is -2.82. The van der Waals surface area contributed by atoms with E-state index in [0.717, 1.165) is 17.7 Å². The van der Waals surface area contributed by atoms with Gasteiger partial charge in [0.1, 0.15) is 0 Å². The van der Waals surface area contributed by atoms with Crippen LogP contribution in [-0.4, -0.2) is 24.9 Å². The quantitative estimate of drug-likeness (QED) is 0.658. The second-order valence-electron chi connectivity index (χ2n) is 7.67. The lowest BCUT2D eigenvalue weighted by atomic mass is 9.87. The Labute approximate surface area is 161 Å². The molecule has 2 rings (SSSR count). The predicted octanol–water partition coefficient (Wildman–Crippen LogP) is 3.05. The molecule has 2 aromatic rings. The Kier molecular flexibility index (Phi) is 6.99. The molecule has 0 aliphatic heterocycles. The summed E-state index contributed by atoms with van der Waals surface area (Å²) in [5.41, 5.74) is 9.34. The monoisotopic (exact) mass is 367 g/mol. The van der Waals surface area contributed by atoms with Crippen LogP contribution in [0, 0.1) is 0 Å². The second-order valence-corrected chi connectivity index (χ2v) is 7.67. The molecule has 0 unspecified atom stereocenters. The zero-order valence-electron chi connectivity index (χ0n) is 16.3. The first kappa shape index (κ1) is 20.5. The predicted molar refractivity (Wildman–Crippen MR) is 110 cm³/mol. The number of hydrogen-bond donors (Lipinski definition) is 3. The molecule has 0 saturated carbocycles. The molecular formula is C22H29N3O2. The van der Waals surface area contributed by atoms with E-state index in [9.17, 15) is 9.59 Å². The van der Waals surface area contributed by atoms with Crippen molar-refractivity contribution in [1.82, 2.24) is 10.6 Å². The topological polar surface area (TPSA) is 84.2 Å². The Morgan fingerprint density at radius 2 is 1.52 bits per heavy atom. The second kappa shape index (κ2) is 9.21. The molecule has 0 aromatic heterocycles. The number of nitrogen functional groups attached to an aromatic ring is 1. The van der Waals surface area contributed by atoms with Crippen molar-refractivity contribution in [2.24, 2.45) is 0 Å². The maximum absolute atomic E-state index is 12.2. The van der Waals surface area contributed by atoms with Gasteiger partial charge in [-0.15, -0.1) is 0 Å². The van der Waals surface area contributed by atoms with Crippen molar-refractivity contribution in [3.05, 3.63) is 65.2 Å². The minimum atomic E-state index is -0.162. The van der Waals surface area contributed by atoms with E-state index < -0.39 is 0 Å². The Balaban J connectivity index is 1.68. The first-order valence-electron chi connectivity index (χ1n) is 9.25. The van der Waals surface area contributed by atoms with E-state index in [2.05, 4.69) is 31.4 Å². The first-order valence-corrected chi connectivity index (χ1v) is 9.25. The number of carbonyl (C=O) groups is 2. The van der Waals surface area contributed by atoms with Crippen LogP contribution >= 0.6 is 0 Å². The first-order chi connectivity index (χ1) is 12.8. The van der Waals surface area contributed by atoms with Crippen molar-refractivity contribution >= 4 is 17.5 Å². The van der Waals surface area contributed by atoms with Gasteiger partial charge >= 0.3 is 0 Å². The number of benzene rings is 2. The molecule has 4 N–H and O–H groups in total. The largest absolute Gasteiger partial charge is 0.399 e. The van der Waals surface area contributed by atoms with Crippen LogP contribution in [0.4, 0.5) is 5.69 Å². The summed E-state index contributed by atoms with van der Waals surface area (Å²) in [5.74, 6) is -0.237. The molecule has 2 aromatic carbocycles. The molecule has 0 atom stereocenters. The van der Waals surface area contributed by atoms with Gasteiger partial charge in [-0.1, -0.05) is 45.0 Å². The van der Waals surface area contributed by atoms with Crippen LogP contribution in [0.25, 0.3) is 0 Å². The van der Waals surface area contributed by atoms with E-state index in [4.69, 9.17) is 5.73 Å². The van der Waals surface area contributed by atoms with Gasteiger partial charge in [0.25, 0.3) is 5.91 Å². The van der Waals surface area contributed by atoms with E-state index >= 15 is 0 Å². The highest BCUT2D eigenvalue weighted by Crippen LogP contribution is 2.22. The van der Waals surface area contributed by atoms with Crippen LogP contribution in [0.15, 0.2) is 48.5 Å². The summed E-state index contributed by atoms with van der Waals surface area (Å²) >= 11 is 0. The number of amides is 2. The molecule has 0 heterocycles. The molecule has 2 amide bonds. The lowest BCUT2D eigenvalue weighted by Gasteiger charge is -2.19. The molecule has 0 aliphatic carbocycles. The summed E-state index contributed by atoms with van der Waals surface area (Å²) < 4.78 is 0. The van der Waals surface area contributed by atoms with Gasteiger partial charge in [0.15, 0.2) is 0 Å². The van der Waals surface area contributed by atoms with E-state index in [1.807, 2.05) is 48.5 Å². The Morgan fingerprint density at radius 1 is 0.889 bits per heavy atom. The van der Waals surface area contributed by atoms with Crippen LogP contribution in [0.3, 0.4) is 0 Å². The van der Waals surface area contributed by atoms with Crippen molar-refractivity contribution in [1.29, 1.82) is 0 Å². The zero-order chi connectivity index (χ0) is 19.9. The number of hydrogen-bond acceptors (Lipinski definition) is 3. The van der Waals surface area contributed by atoms with Crippen molar-refractivity contribution in [3.63, 3.8) is 0 Å². The number of rotatable bonds is 7. The van der Waals surface area contributed by atoms with Gasteiger partial charge in [-0.05, 0) is 47.2 Å². The molecule has 27 heavy (non-hydrogen) atoms. The number of carbonyl (C=O) groups excluding carboxylic acids is 2. The normalized spacial score (nSPS) is 11.1. The van der Waals surface area contributed by atoms with Crippen LogP contribution in [0.5, 0.6) is 0 Å². The molecule has 0 fully saturated rings. The number of nitrogens with two attached hydrogens (primary N) is 1. The van der Waals surface area contributed by atoms with Gasteiger partial charge in [0.05, 0.1) is 0 Å². The van der Waals surface area contributed by atoms with Crippen molar-refractivity contribution in [3.8, 4) is 0 Å². The van der Waals surface area contributed by atoms with Gasteiger partial charge < -0.3 is 16.4 Å². The van der Waals surface area contributed by atoms with Crippen LogP contribution in [0.2, 0.25) is 0 Å². The highest BCUT2D eigenvalue weighted by molar-refractivity contribution is 5.94. The van der Waals surface area contributed by atoms with Crippen molar-refractivity contribution in [2.75, 3.05) is 18.8 Å². The highest BCUT2D eigenvalue weighted by Gasteiger charge is 2.14. The third-order valence-corrected chi connectivity index (χ3v) is 4.37. The number of anilines is 1. The molecule has 0 spiro atoms. The van der Waals surface area contributed by atoms with E-state index in [-0.39, 0.29) is 23.7 Å². The molecule has 0 saturated heterocycles. The van der Waals surface area contributed by atoms with Crippen LogP contribution in [-0.2, 0) is 16.6 Å². The van der Waals surface area contributed by atoms with Crippen molar-refractivity contribution < 1.29 is 9.59 Å². The molecule has 0 aliphatic rings. The average molecular weight is 367 g/mol. The number of nitrogens with one attached hydrogen (secondary N) is 2. The highest BCUT2D eigenvalue weighted by atomic mass is 16.2. The Morgan fingerprint density at radius 3 is 2.11 bits per heavy atom. The third kappa shape index (κ3) is 6.77.